The maximum absolute atomic E-state index is 12.7. The third-order valence-corrected chi connectivity index (χ3v) is 5.64. The molecule has 1 aromatic heterocycles. The average molecular weight is 404 g/mol. The third kappa shape index (κ3) is 3.61. The van der Waals surface area contributed by atoms with Crippen LogP contribution in [0.1, 0.15) is 35.0 Å². The highest BCUT2D eigenvalue weighted by Gasteiger charge is 2.37. The summed E-state index contributed by atoms with van der Waals surface area (Å²) in [5.74, 6) is -1.43. The number of nitrogens with zero attached hydrogens (tertiary/aromatic N) is 1. The van der Waals surface area contributed by atoms with Crippen LogP contribution in [0.25, 0.3) is 10.9 Å². The predicted molar refractivity (Wildman–Crippen MR) is 115 cm³/mol. The summed E-state index contributed by atoms with van der Waals surface area (Å²) in [4.78, 5) is 42.7. The van der Waals surface area contributed by atoms with Gasteiger partial charge in [-0.3, -0.25) is 14.4 Å². The highest BCUT2D eigenvalue weighted by Crippen LogP contribution is 2.29. The first-order chi connectivity index (χ1) is 14.5. The van der Waals surface area contributed by atoms with Gasteiger partial charge in [0.2, 0.25) is 11.7 Å². The number of esters is 1. The van der Waals surface area contributed by atoms with E-state index in [0.717, 1.165) is 34.3 Å². The van der Waals surface area contributed by atoms with Crippen LogP contribution in [-0.2, 0) is 20.7 Å². The van der Waals surface area contributed by atoms with Crippen LogP contribution in [0.4, 0.5) is 5.69 Å². The number of carbonyl (C=O) groups excluding carboxylic acids is 3. The summed E-state index contributed by atoms with van der Waals surface area (Å²) in [6, 6.07) is 15.2. The van der Waals surface area contributed by atoms with E-state index in [1.165, 1.54) is 0 Å². The minimum atomic E-state index is -0.570. The average Bonchev–Trinajstić information content (AvgIpc) is 3.30. The smallest absolute Gasteiger partial charge is 0.311 e. The first kappa shape index (κ1) is 19.9. The SMILES string of the molecule is CCc1ccccc1N1C[C@@H](C(=O)OCC(=O)c2c(C)[nH]c3ccccc23)CC1=O. The summed E-state index contributed by atoms with van der Waals surface area (Å²) in [5.41, 5.74) is 4.06. The number of benzene rings is 2. The Bertz CT molecular complexity index is 1130. The molecule has 4 rings (SSSR count). The van der Waals surface area contributed by atoms with E-state index in [-0.39, 0.29) is 31.3 Å². The van der Waals surface area contributed by atoms with Gasteiger partial charge in [0.1, 0.15) is 0 Å². The number of fused-ring (bicyclic) bond motifs is 1. The maximum Gasteiger partial charge on any atom is 0.311 e. The quantitative estimate of drug-likeness (QED) is 0.500. The number of hydrogen-bond acceptors (Lipinski definition) is 4. The van der Waals surface area contributed by atoms with Crippen molar-refractivity contribution in [3.8, 4) is 0 Å². The molecule has 1 saturated heterocycles. The summed E-state index contributed by atoms with van der Waals surface area (Å²) in [6.45, 7) is 3.80. The van der Waals surface area contributed by atoms with Gasteiger partial charge in [-0.25, -0.2) is 0 Å². The zero-order valence-corrected chi connectivity index (χ0v) is 17.1. The number of ketones is 1. The Morgan fingerprint density at radius 1 is 1.13 bits per heavy atom. The van der Waals surface area contributed by atoms with Gasteiger partial charge in [-0.15, -0.1) is 0 Å². The predicted octanol–water partition coefficient (Wildman–Crippen LogP) is 3.82. The highest BCUT2D eigenvalue weighted by atomic mass is 16.5. The van der Waals surface area contributed by atoms with Gasteiger partial charge in [-0.2, -0.15) is 0 Å². The number of aromatic nitrogens is 1. The fourth-order valence-corrected chi connectivity index (χ4v) is 4.13. The molecule has 0 radical (unpaired) electrons. The zero-order chi connectivity index (χ0) is 21.3. The number of Topliss-reactive ketones (excluding diaryl/α,β-unsaturated/α-hetero) is 1. The largest absolute Gasteiger partial charge is 0.457 e. The number of aryl methyl sites for hydroxylation is 2. The van der Waals surface area contributed by atoms with E-state index in [9.17, 15) is 14.4 Å². The number of anilines is 1. The van der Waals surface area contributed by atoms with Gasteiger partial charge in [-0.05, 0) is 31.0 Å². The number of amides is 1. The molecule has 0 bridgehead atoms. The van der Waals surface area contributed by atoms with Crippen molar-refractivity contribution in [1.29, 1.82) is 0 Å². The molecule has 0 unspecified atom stereocenters. The lowest BCUT2D eigenvalue weighted by Crippen LogP contribution is -2.28. The van der Waals surface area contributed by atoms with E-state index in [1.807, 2.05) is 62.4 Å². The minimum absolute atomic E-state index is 0.0944. The molecule has 0 spiro atoms. The molecular formula is C24H24N2O4. The standard InChI is InChI=1S/C24H24N2O4/c1-3-16-8-4-7-11-20(16)26-13-17(12-22(26)28)24(29)30-14-21(27)23-15(2)25-19-10-6-5-9-18(19)23/h4-11,17,25H,3,12-14H2,1-2H3/t17-/m0/s1. The normalized spacial score (nSPS) is 16.3. The second kappa shape index (κ2) is 8.14. The molecular weight excluding hydrogens is 380 g/mol. The van der Waals surface area contributed by atoms with Gasteiger partial charge in [0.25, 0.3) is 0 Å². The molecule has 3 aromatic rings. The maximum atomic E-state index is 12.7. The molecule has 2 heterocycles. The number of hydrogen-bond donors (Lipinski definition) is 1. The molecule has 1 aliphatic heterocycles. The lowest BCUT2D eigenvalue weighted by atomic mass is 10.1. The van der Waals surface area contributed by atoms with E-state index in [4.69, 9.17) is 4.74 Å². The summed E-state index contributed by atoms with van der Waals surface area (Å²) in [6.07, 6.45) is 0.894. The van der Waals surface area contributed by atoms with Crippen molar-refractivity contribution >= 4 is 34.3 Å². The fourth-order valence-electron chi connectivity index (χ4n) is 4.13. The minimum Gasteiger partial charge on any atom is -0.457 e. The molecule has 1 fully saturated rings. The van der Waals surface area contributed by atoms with Crippen molar-refractivity contribution in [1.82, 2.24) is 4.98 Å². The Morgan fingerprint density at radius 2 is 1.87 bits per heavy atom. The van der Waals surface area contributed by atoms with Crippen LogP contribution in [-0.4, -0.2) is 35.8 Å². The van der Waals surface area contributed by atoms with Crippen molar-refractivity contribution in [2.75, 3.05) is 18.1 Å². The molecule has 6 nitrogen and oxygen atoms in total. The first-order valence-electron chi connectivity index (χ1n) is 10.1. The fraction of sp³-hybridized carbons (Fsp3) is 0.292. The van der Waals surface area contributed by atoms with E-state index < -0.39 is 11.9 Å². The van der Waals surface area contributed by atoms with Crippen LogP contribution in [0.3, 0.4) is 0 Å². The monoisotopic (exact) mass is 404 g/mol. The van der Waals surface area contributed by atoms with Gasteiger partial charge in [0.15, 0.2) is 6.61 Å². The van der Waals surface area contributed by atoms with E-state index in [2.05, 4.69) is 4.98 Å². The van der Waals surface area contributed by atoms with E-state index in [1.54, 1.807) is 4.90 Å². The highest BCUT2D eigenvalue weighted by molar-refractivity contribution is 6.10. The topological polar surface area (TPSA) is 79.5 Å². The molecule has 30 heavy (non-hydrogen) atoms. The molecule has 0 aliphatic carbocycles. The number of para-hydroxylation sites is 2. The Morgan fingerprint density at radius 3 is 2.67 bits per heavy atom. The van der Waals surface area contributed by atoms with Crippen molar-refractivity contribution in [2.24, 2.45) is 5.92 Å². The summed E-state index contributed by atoms with van der Waals surface area (Å²) < 4.78 is 5.32. The number of rotatable bonds is 6. The molecule has 1 atom stereocenters. The number of ether oxygens (including phenoxy) is 1. The summed E-state index contributed by atoms with van der Waals surface area (Å²) >= 11 is 0. The van der Waals surface area contributed by atoms with Crippen molar-refractivity contribution in [2.45, 2.75) is 26.7 Å². The molecule has 6 heteroatoms. The van der Waals surface area contributed by atoms with Gasteiger partial charge >= 0.3 is 5.97 Å². The second-order valence-corrected chi connectivity index (χ2v) is 7.59. The Labute approximate surface area is 174 Å². The molecule has 1 amide bonds. The van der Waals surface area contributed by atoms with Gasteiger partial charge in [-0.1, -0.05) is 43.3 Å². The summed E-state index contributed by atoms with van der Waals surface area (Å²) in [5, 5.41) is 0.814. The third-order valence-electron chi connectivity index (χ3n) is 5.64. The number of nitrogens with one attached hydrogen (secondary N) is 1. The van der Waals surface area contributed by atoms with Crippen LogP contribution in [0.15, 0.2) is 48.5 Å². The first-order valence-corrected chi connectivity index (χ1v) is 10.1. The van der Waals surface area contributed by atoms with Gasteiger partial charge in [0.05, 0.1) is 5.92 Å². The van der Waals surface area contributed by atoms with Crippen LogP contribution >= 0.6 is 0 Å². The molecule has 2 aromatic carbocycles. The van der Waals surface area contributed by atoms with Crippen LogP contribution in [0, 0.1) is 12.8 Å². The Balaban J connectivity index is 1.43. The molecule has 154 valence electrons. The van der Waals surface area contributed by atoms with Gasteiger partial charge < -0.3 is 14.6 Å². The van der Waals surface area contributed by atoms with Crippen LogP contribution < -0.4 is 4.90 Å². The van der Waals surface area contributed by atoms with Crippen LogP contribution in [0.5, 0.6) is 0 Å². The number of aromatic amines is 1. The Hall–Kier alpha value is -3.41. The summed E-state index contributed by atoms with van der Waals surface area (Å²) in [7, 11) is 0. The van der Waals surface area contributed by atoms with Crippen molar-refractivity contribution < 1.29 is 19.1 Å². The second-order valence-electron chi connectivity index (χ2n) is 7.59. The van der Waals surface area contributed by atoms with Crippen molar-refractivity contribution in [3.05, 3.63) is 65.4 Å². The Kier molecular flexibility index (Phi) is 5.40. The number of carbonyl (C=O) groups is 3. The lowest BCUT2D eigenvalue weighted by Gasteiger charge is -2.19. The van der Waals surface area contributed by atoms with Crippen LogP contribution in [0.2, 0.25) is 0 Å². The number of H-pyrrole nitrogens is 1. The molecule has 1 N–H and O–H groups in total. The lowest BCUT2D eigenvalue weighted by molar-refractivity contribution is -0.147. The van der Waals surface area contributed by atoms with E-state index in [0.29, 0.717) is 5.56 Å². The van der Waals surface area contributed by atoms with Gasteiger partial charge in [0, 0.05) is 40.8 Å². The molecule has 0 saturated carbocycles. The zero-order valence-electron chi connectivity index (χ0n) is 17.1. The van der Waals surface area contributed by atoms with E-state index >= 15 is 0 Å². The molecule has 1 aliphatic rings. The van der Waals surface area contributed by atoms with Crippen molar-refractivity contribution in [3.63, 3.8) is 0 Å².